The predicted molar refractivity (Wildman–Crippen MR) is 127 cm³/mol. The molecule has 0 bridgehead atoms. The Bertz CT molecular complexity index is 1300. The smallest absolute Gasteiger partial charge is 0.255 e. The summed E-state index contributed by atoms with van der Waals surface area (Å²) in [5.41, 5.74) is 2.84. The number of aromatic hydroxyl groups is 1. The standard InChI is InChI=1S/C25H27N3O7/c1-6-10-9-14(27(2)3)12-7-11-8-13-18(28(4)5)21(31)17(24(26)34)23(33)25(13,35)22(32)15(11)20(30)16(12)19(10)29/h1,9,11,13,18,29-30,33,35H,7-8H2,2-5H3,(H2,26,34). The molecule has 0 saturated heterocycles. The number of ketones is 2. The first-order chi connectivity index (χ1) is 16.3. The molecule has 1 aromatic carbocycles. The van der Waals surface area contributed by atoms with Crippen LogP contribution in [0, 0.1) is 24.2 Å². The van der Waals surface area contributed by atoms with Gasteiger partial charge in [0.25, 0.3) is 5.91 Å². The number of carbonyl (C=O) groups is 3. The normalized spacial score (nSPS) is 27.9. The fourth-order valence-electron chi connectivity index (χ4n) is 5.80. The summed E-state index contributed by atoms with van der Waals surface area (Å²) in [6, 6.07) is 0.478. The molecular weight excluding hydrogens is 454 g/mol. The average Bonchev–Trinajstić information content (AvgIpc) is 2.75. The Morgan fingerprint density at radius 3 is 2.34 bits per heavy atom. The molecule has 1 aromatic rings. The number of amides is 1. The molecule has 1 saturated carbocycles. The molecule has 0 aliphatic heterocycles. The number of carbonyl (C=O) groups excluding carboxylic acids is 3. The summed E-state index contributed by atoms with van der Waals surface area (Å²) in [5.74, 6) is -4.62. The molecule has 3 aliphatic rings. The number of hydrogen-bond donors (Lipinski definition) is 5. The number of phenolic OH excluding ortho intramolecular Hbond substituents is 1. The second-order valence-electron chi connectivity index (χ2n) is 9.65. The van der Waals surface area contributed by atoms with Crippen molar-refractivity contribution >= 4 is 28.9 Å². The van der Waals surface area contributed by atoms with Crippen molar-refractivity contribution in [1.29, 1.82) is 0 Å². The van der Waals surface area contributed by atoms with Crippen LogP contribution in [-0.2, 0) is 20.8 Å². The van der Waals surface area contributed by atoms with E-state index in [0.29, 0.717) is 11.3 Å². The third kappa shape index (κ3) is 3.08. The molecule has 10 heteroatoms. The first kappa shape index (κ1) is 24.3. The van der Waals surface area contributed by atoms with E-state index in [4.69, 9.17) is 12.2 Å². The summed E-state index contributed by atoms with van der Waals surface area (Å²) < 4.78 is 0. The van der Waals surface area contributed by atoms with E-state index in [1.807, 2.05) is 0 Å². The molecule has 4 unspecified atom stereocenters. The molecule has 35 heavy (non-hydrogen) atoms. The summed E-state index contributed by atoms with van der Waals surface area (Å²) in [6.07, 6.45) is 5.75. The number of fused-ring (bicyclic) bond motifs is 3. The fraction of sp³-hybridized carbons (Fsp3) is 0.400. The second kappa shape index (κ2) is 7.86. The number of aliphatic hydroxyl groups is 3. The van der Waals surface area contributed by atoms with Gasteiger partial charge in [0.15, 0.2) is 11.4 Å². The first-order valence-electron chi connectivity index (χ1n) is 11.0. The number of nitrogens with two attached hydrogens (primary N) is 1. The van der Waals surface area contributed by atoms with Crippen LogP contribution >= 0.6 is 0 Å². The number of Topliss-reactive ketones (excluding diaryl/α,β-unsaturated/α-hetero) is 2. The largest absolute Gasteiger partial charge is 0.508 e. The molecule has 1 amide bonds. The SMILES string of the molecule is C#Cc1cc(N(C)C)c2c(c1O)C(O)=C1C(=O)C3(O)C(O)=C(C(N)=O)C(=O)C(N(C)C)C3CC1C2. The van der Waals surface area contributed by atoms with E-state index in [2.05, 4.69) is 5.92 Å². The number of phenols is 1. The Kier molecular flexibility index (Phi) is 5.46. The van der Waals surface area contributed by atoms with Crippen LogP contribution in [0.5, 0.6) is 5.75 Å². The van der Waals surface area contributed by atoms with Gasteiger partial charge in [-0.05, 0) is 44.5 Å². The Morgan fingerprint density at radius 2 is 1.83 bits per heavy atom. The molecule has 1 fully saturated rings. The number of benzene rings is 1. The van der Waals surface area contributed by atoms with Gasteiger partial charge >= 0.3 is 0 Å². The van der Waals surface area contributed by atoms with Crippen molar-refractivity contribution in [2.24, 2.45) is 17.6 Å². The molecule has 6 N–H and O–H groups in total. The summed E-state index contributed by atoms with van der Waals surface area (Å²) in [7, 11) is 6.64. The highest BCUT2D eigenvalue weighted by Gasteiger charge is 2.64. The van der Waals surface area contributed by atoms with Crippen molar-refractivity contribution in [3.63, 3.8) is 0 Å². The third-order valence-electron chi connectivity index (χ3n) is 7.33. The average molecular weight is 482 g/mol. The molecule has 184 valence electrons. The topological polar surface area (TPSA) is 165 Å². The van der Waals surface area contributed by atoms with Gasteiger partial charge in [0.1, 0.15) is 22.8 Å². The molecule has 10 nitrogen and oxygen atoms in total. The molecule has 4 rings (SSSR count). The lowest BCUT2D eigenvalue weighted by Gasteiger charge is -2.50. The maximum atomic E-state index is 13.8. The number of primary amides is 1. The second-order valence-corrected chi connectivity index (χ2v) is 9.65. The third-order valence-corrected chi connectivity index (χ3v) is 7.33. The highest BCUT2D eigenvalue weighted by Crippen LogP contribution is 2.54. The van der Waals surface area contributed by atoms with Crippen LogP contribution in [0.2, 0.25) is 0 Å². The number of terminal acetylenes is 1. The van der Waals surface area contributed by atoms with Gasteiger partial charge in [-0.2, -0.15) is 0 Å². The number of rotatable bonds is 3. The van der Waals surface area contributed by atoms with Gasteiger partial charge in [-0.25, -0.2) is 0 Å². The van der Waals surface area contributed by atoms with Crippen LogP contribution < -0.4 is 10.6 Å². The molecule has 4 atom stereocenters. The molecular formula is C25H27N3O7. The van der Waals surface area contributed by atoms with Gasteiger partial charge in [0.2, 0.25) is 5.78 Å². The van der Waals surface area contributed by atoms with Crippen LogP contribution in [0.15, 0.2) is 23.0 Å². The van der Waals surface area contributed by atoms with E-state index < -0.39 is 58.0 Å². The monoisotopic (exact) mass is 481 g/mol. The quantitative estimate of drug-likeness (QED) is 0.295. The summed E-state index contributed by atoms with van der Waals surface area (Å²) in [5, 5.41) is 44.5. The molecule has 0 aromatic heterocycles. The molecule has 0 heterocycles. The van der Waals surface area contributed by atoms with E-state index in [1.54, 1.807) is 39.2 Å². The van der Waals surface area contributed by atoms with Gasteiger partial charge in [-0.1, -0.05) is 5.92 Å². The van der Waals surface area contributed by atoms with E-state index in [9.17, 15) is 34.8 Å². The van der Waals surface area contributed by atoms with Crippen molar-refractivity contribution < 1.29 is 34.8 Å². The van der Waals surface area contributed by atoms with E-state index >= 15 is 0 Å². The lowest BCUT2D eigenvalue weighted by atomic mass is 9.57. The van der Waals surface area contributed by atoms with Gasteiger partial charge in [0, 0.05) is 31.3 Å². The van der Waals surface area contributed by atoms with Gasteiger partial charge < -0.3 is 31.1 Å². The first-order valence-corrected chi connectivity index (χ1v) is 11.0. The molecule has 3 aliphatic carbocycles. The van der Waals surface area contributed by atoms with E-state index in [0.717, 1.165) is 0 Å². The molecule has 0 radical (unpaired) electrons. The van der Waals surface area contributed by atoms with Crippen LogP contribution in [0.4, 0.5) is 5.69 Å². The fourth-order valence-corrected chi connectivity index (χ4v) is 5.80. The van der Waals surface area contributed by atoms with Gasteiger partial charge in [-0.15, -0.1) is 6.42 Å². The lowest BCUT2D eigenvalue weighted by Crippen LogP contribution is -2.65. The summed E-state index contributed by atoms with van der Waals surface area (Å²) in [6.45, 7) is 0. The predicted octanol–water partition coefficient (Wildman–Crippen LogP) is 0.0113. The van der Waals surface area contributed by atoms with Crippen LogP contribution in [0.3, 0.4) is 0 Å². The summed E-state index contributed by atoms with van der Waals surface area (Å²) in [4.78, 5) is 42.1. The number of nitrogens with zero attached hydrogens (tertiary/aromatic N) is 2. The molecule has 0 spiro atoms. The van der Waals surface area contributed by atoms with E-state index in [1.165, 1.54) is 4.90 Å². The minimum Gasteiger partial charge on any atom is -0.508 e. The maximum absolute atomic E-state index is 13.8. The summed E-state index contributed by atoms with van der Waals surface area (Å²) >= 11 is 0. The van der Waals surface area contributed by atoms with Crippen molar-refractivity contribution in [2.45, 2.75) is 24.5 Å². The number of hydrogen-bond acceptors (Lipinski definition) is 9. The highest BCUT2D eigenvalue weighted by atomic mass is 16.3. The zero-order valence-electron chi connectivity index (χ0n) is 19.8. The highest BCUT2D eigenvalue weighted by molar-refractivity contribution is 6.24. The van der Waals surface area contributed by atoms with Gasteiger partial charge in [0.05, 0.1) is 17.2 Å². The Labute approximate surface area is 201 Å². The lowest BCUT2D eigenvalue weighted by molar-refractivity contribution is -0.153. The number of anilines is 1. The minimum absolute atomic E-state index is 0.0241. The van der Waals surface area contributed by atoms with Crippen molar-refractivity contribution in [3.8, 4) is 18.1 Å². The maximum Gasteiger partial charge on any atom is 0.255 e. The van der Waals surface area contributed by atoms with Crippen LogP contribution in [-0.4, -0.2) is 82.6 Å². The minimum atomic E-state index is -2.67. The van der Waals surface area contributed by atoms with Crippen molar-refractivity contribution in [2.75, 3.05) is 33.1 Å². The Morgan fingerprint density at radius 1 is 1.20 bits per heavy atom. The Hall–Kier alpha value is -3.81. The zero-order chi connectivity index (χ0) is 26.1. The van der Waals surface area contributed by atoms with Crippen molar-refractivity contribution in [1.82, 2.24) is 4.90 Å². The van der Waals surface area contributed by atoms with E-state index in [-0.39, 0.29) is 35.3 Å². The number of likely N-dealkylation sites (N-methyl/N-ethyl adjacent to an activating group) is 1. The Balaban J connectivity index is 2.03. The van der Waals surface area contributed by atoms with Crippen LogP contribution in [0.1, 0.15) is 23.1 Å². The zero-order valence-corrected chi connectivity index (χ0v) is 19.8. The van der Waals surface area contributed by atoms with Crippen molar-refractivity contribution in [3.05, 3.63) is 39.7 Å². The van der Waals surface area contributed by atoms with Crippen LogP contribution in [0.25, 0.3) is 5.76 Å². The number of aliphatic hydroxyl groups excluding tert-OH is 2. The van der Waals surface area contributed by atoms with Gasteiger partial charge in [-0.3, -0.25) is 19.3 Å².